The second-order valence-corrected chi connectivity index (χ2v) is 5.16. The molecule has 1 aromatic heterocycles. The molecule has 4 heteroatoms. The van der Waals surface area contributed by atoms with Gasteiger partial charge in [-0.25, -0.2) is 0 Å². The summed E-state index contributed by atoms with van der Waals surface area (Å²) < 4.78 is 11.1. The minimum atomic E-state index is 0.430. The van der Waals surface area contributed by atoms with Crippen molar-refractivity contribution in [2.45, 2.75) is 33.0 Å². The summed E-state index contributed by atoms with van der Waals surface area (Å²) in [5, 5.41) is 3.38. The fourth-order valence-electron chi connectivity index (χ4n) is 1.88. The summed E-state index contributed by atoms with van der Waals surface area (Å²) in [6.07, 6.45) is 3.60. The fourth-order valence-corrected chi connectivity index (χ4v) is 1.88. The maximum Gasteiger partial charge on any atom is 0.127 e. The van der Waals surface area contributed by atoms with Crippen LogP contribution < -0.4 is 14.8 Å². The zero-order valence-electron chi connectivity index (χ0n) is 12.8. The summed E-state index contributed by atoms with van der Waals surface area (Å²) in [5.41, 5.74) is 2.18. The van der Waals surface area contributed by atoms with E-state index in [0.717, 1.165) is 29.2 Å². The second kappa shape index (κ2) is 7.64. The first-order valence-corrected chi connectivity index (χ1v) is 7.11. The Labute approximate surface area is 126 Å². The summed E-state index contributed by atoms with van der Waals surface area (Å²) in [7, 11) is 1.66. The molecule has 1 aromatic carbocycles. The van der Waals surface area contributed by atoms with E-state index in [4.69, 9.17) is 9.47 Å². The quantitative estimate of drug-likeness (QED) is 0.849. The monoisotopic (exact) mass is 286 g/mol. The molecule has 2 rings (SSSR count). The highest BCUT2D eigenvalue weighted by Gasteiger charge is 2.05. The summed E-state index contributed by atoms with van der Waals surface area (Å²) in [5.74, 6) is 1.72. The number of ether oxygens (including phenoxy) is 2. The van der Waals surface area contributed by atoms with Gasteiger partial charge in [0, 0.05) is 30.5 Å². The van der Waals surface area contributed by atoms with Crippen LogP contribution in [0.15, 0.2) is 42.7 Å². The Bertz CT molecular complexity index is 553. The maximum absolute atomic E-state index is 5.91. The maximum atomic E-state index is 5.91. The molecule has 0 fully saturated rings. The standard InChI is InChI=1S/C17H22N2O2/c1-13(2)19-11-15-10-18-9-8-17(15)21-12-14-4-6-16(20-3)7-5-14/h4-10,13,19H,11-12H2,1-3H3. The van der Waals surface area contributed by atoms with Crippen molar-refractivity contribution in [3.63, 3.8) is 0 Å². The molecule has 0 aliphatic carbocycles. The summed E-state index contributed by atoms with van der Waals surface area (Å²) >= 11 is 0. The van der Waals surface area contributed by atoms with Gasteiger partial charge in [-0.2, -0.15) is 0 Å². The van der Waals surface area contributed by atoms with Gasteiger partial charge in [-0.1, -0.05) is 26.0 Å². The molecule has 0 saturated carbocycles. The number of benzene rings is 1. The van der Waals surface area contributed by atoms with E-state index >= 15 is 0 Å². The minimum absolute atomic E-state index is 0.430. The van der Waals surface area contributed by atoms with Gasteiger partial charge in [0.2, 0.25) is 0 Å². The van der Waals surface area contributed by atoms with Crippen LogP contribution in [0.1, 0.15) is 25.0 Å². The van der Waals surface area contributed by atoms with Crippen LogP contribution in [0.4, 0.5) is 0 Å². The van der Waals surface area contributed by atoms with Crippen LogP contribution in [0, 0.1) is 0 Å². The Kier molecular flexibility index (Phi) is 5.58. The van der Waals surface area contributed by atoms with Crippen molar-refractivity contribution in [1.82, 2.24) is 10.3 Å². The second-order valence-electron chi connectivity index (χ2n) is 5.16. The average molecular weight is 286 g/mol. The third-order valence-corrected chi connectivity index (χ3v) is 3.11. The highest BCUT2D eigenvalue weighted by Crippen LogP contribution is 2.19. The summed E-state index contributed by atoms with van der Waals surface area (Å²) in [4.78, 5) is 4.16. The van der Waals surface area contributed by atoms with Gasteiger partial charge < -0.3 is 14.8 Å². The van der Waals surface area contributed by atoms with Crippen LogP contribution in [0.5, 0.6) is 11.5 Å². The van der Waals surface area contributed by atoms with Gasteiger partial charge in [0.05, 0.1) is 7.11 Å². The van der Waals surface area contributed by atoms with Crippen molar-refractivity contribution >= 4 is 0 Å². The molecule has 21 heavy (non-hydrogen) atoms. The van der Waals surface area contributed by atoms with Crippen LogP contribution in [0.25, 0.3) is 0 Å². The van der Waals surface area contributed by atoms with Crippen molar-refractivity contribution in [3.05, 3.63) is 53.9 Å². The molecule has 0 bridgehead atoms. The van der Waals surface area contributed by atoms with Gasteiger partial charge in [-0.05, 0) is 23.8 Å². The molecule has 112 valence electrons. The predicted octanol–water partition coefficient (Wildman–Crippen LogP) is 3.17. The topological polar surface area (TPSA) is 43.4 Å². The van der Waals surface area contributed by atoms with Gasteiger partial charge >= 0.3 is 0 Å². The van der Waals surface area contributed by atoms with E-state index < -0.39 is 0 Å². The Morgan fingerprint density at radius 2 is 1.90 bits per heavy atom. The van der Waals surface area contributed by atoms with E-state index in [1.54, 1.807) is 13.3 Å². The number of nitrogens with zero attached hydrogens (tertiary/aromatic N) is 1. The van der Waals surface area contributed by atoms with Gasteiger partial charge in [0.1, 0.15) is 18.1 Å². The van der Waals surface area contributed by atoms with Gasteiger partial charge in [0.15, 0.2) is 0 Å². The lowest BCUT2D eigenvalue weighted by atomic mass is 10.2. The largest absolute Gasteiger partial charge is 0.497 e. The molecule has 2 aromatic rings. The van der Waals surface area contributed by atoms with Crippen molar-refractivity contribution in [3.8, 4) is 11.5 Å². The van der Waals surface area contributed by atoms with Gasteiger partial charge in [-0.15, -0.1) is 0 Å². The Morgan fingerprint density at radius 1 is 1.14 bits per heavy atom. The van der Waals surface area contributed by atoms with E-state index in [2.05, 4.69) is 24.1 Å². The number of aromatic nitrogens is 1. The smallest absolute Gasteiger partial charge is 0.127 e. The van der Waals surface area contributed by atoms with Gasteiger partial charge in [-0.3, -0.25) is 4.98 Å². The van der Waals surface area contributed by atoms with Crippen molar-refractivity contribution in [1.29, 1.82) is 0 Å². The van der Waals surface area contributed by atoms with Crippen molar-refractivity contribution in [2.24, 2.45) is 0 Å². The first-order chi connectivity index (χ1) is 10.2. The van der Waals surface area contributed by atoms with Crippen LogP contribution in [-0.4, -0.2) is 18.1 Å². The highest BCUT2D eigenvalue weighted by atomic mass is 16.5. The van der Waals surface area contributed by atoms with Crippen LogP contribution in [0.3, 0.4) is 0 Å². The van der Waals surface area contributed by atoms with E-state index in [1.165, 1.54) is 0 Å². The van der Waals surface area contributed by atoms with Crippen molar-refractivity contribution in [2.75, 3.05) is 7.11 Å². The summed E-state index contributed by atoms with van der Waals surface area (Å²) in [6.45, 7) is 5.52. The predicted molar refractivity (Wildman–Crippen MR) is 83.5 cm³/mol. The number of methoxy groups -OCH3 is 1. The summed E-state index contributed by atoms with van der Waals surface area (Å²) in [6, 6.07) is 10.2. The lowest BCUT2D eigenvalue weighted by molar-refractivity contribution is 0.301. The number of hydrogen-bond acceptors (Lipinski definition) is 4. The third-order valence-electron chi connectivity index (χ3n) is 3.11. The Morgan fingerprint density at radius 3 is 2.57 bits per heavy atom. The molecule has 1 heterocycles. The fraction of sp³-hybridized carbons (Fsp3) is 0.353. The normalized spacial score (nSPS) is 10.7. The van der Waals surface area contributed by atoms with Crippen molar-refractivity contribution < 1.29 is 9.47 Å². The van der Waals surface area contributed by atoms with E-state index in [1.807, 2.05) is 36.5 Å². The zero-order chi connectivity index (χ0) is 15.1. The molecule has 0 saturated heterocycles. The zero-order valence-corrected chi connectivity index (χ0v) is 12.8. The lowest BCUT2D eigenvalue weighted by Gasteiger charge is -2.13. The van der Waals surface area contributed by atoms with E-state index in [9.17, 15) is 0 Å². The van der Waals surface area contributed by atoms with Crippen LogP contribution >= 0.6 is 0 Å². The molecule has 0 atom stereocenters. The SMILES string of the molecule is COc1ccc(COc2ccncc2CNC(C)C)cc1. The number of rotatable bonds is 7. The van der Waals surface area contributed by atoms with E-state index in [0.29, 0.717) is 12.6 Å². The molecule has 0 amide bonds. The molecule has 0 spiro atoms. The lowest BCUT2D eigenvalue weighted by Crippen LogP contribution is -2.22. The molecule has 0 radical (unpaired) electrons. The Hall–Kier alpha value is -2.07. The molecule has 4 nitrogen and oxygen atoms in total. The number of hydrogen-bond donors (Lipinski definition) is 1. The van der Waals surface area contributed by atoms with Crippen LogP contribution in [0.2, 0.25) is 0 Å². The molecule has 0 aliphatic rings. The van der Waals surface area contributed by atoms with E-state index in [-0.39, 0.29) is 0 Å². The molecule has 1 N–H and O–H groups in total. The molecule has 0 unspecified atom stereocenters. The third kappa shape index (κ3) is 4.76. The number of nitrogens with one attached hydrogen (secondary N) is 1. The van der Waals surface area contributed by atoms with Crippen LogP contribution in [-0.2, 0) is 13.2 Å². The molecule has 0 aliphatic heterocycles. The first kappa shape index (κ1) is 15.3. The van der Waals surface area contributed by atoms with Gasteiger partial charge in [0.25, 0.3) is 0 Å². The highest BCUT2D eigenvalue weighted by molar-refractivity contribution is 5.31. The molecular formula is C17H22N2O2. The molecular weight excluding hydrogens is 264 g/mol. The Balaban J connectivity index is 1.98. The average Bonchev–Trinajstić information content (AvgIpc) is 2.52. The first-order valence-electron chi connectivity index (χ1n) is 7.11. The minimum Gasteiger partial charge on any atom is -0.497 e. The number of pyridine rings is 1.